The smallest absolute Gasteiger partial charge is 0.166 e. The van der Waals surface area contributed by atoms with Gasteiger partial charge in [0.2, 0.25) is 0 Å². The number of nitrogens with one attached hydrogen (secondary N) is 2. The molecule has 2 N–H and O–H groups in total. The lowest BCUT2D eigenvalue weighted by Crippen LogP contribution is -2.48. The van der Waals surface area contributed by atoms with Gasteiger partial charge in [-0.1, -0.05) is 19.3 Å². The van der Waals surface area contributed by atoms with Crippen molar-refractivity contribution in [2.75, 3.05) is 20.6 Å². The van der Waals surface area contributed by atoms with E-state index in [0.29, 0.717) is 12.1 Å². The van der Waals surface area contributed by atoms with Crippen LogP contribution in [0.25, 0.3) is 0 Å². The topological polar surface area (TPSA) is 27.3 Å². The van der Waals surface area contributed by atoms with Gasteiger partial charge < -0.3 is 15.5 Å². The van der Waals surface area contributed by atoms with Crippen LogP contribution in [0.2, 0.25) is 0 Å². The summed E-state index contributed by atoms with van der Waals surface area (Å²) in [4.78, 5) is 2.17. The number of rotatable bonds is 4. The summed E-state index contributed by atoms with van der Waals surface area (Å²) < 4.78 is 0. The van der Waals surface area contributed by atoms with Gasteiger partial charge in [-0.05, 0) is 46.1 Å². The van der Waals surface area contributed by atoms with Crippen molar-refractivity contribution in [1.29, 1.82) is 0 Å². The summed E-state index contributed by atoms with van der Waals surface area (Å²) in [5, 5.41) is 7.58. The van der Waals surface area contributed by atoms with E-state index in [2.05, 4.69) is 36.6 Å². The molecule has 3 nitrogen and oxygen atoms in total. The minimum absolute atomic E-state index is 0.401. The van der Waals surface area contributed by atoms with Crippen molar-refractivity contribution in [2.45, 2.75) is 51.1 Å². The van der Waals surface area contributed by atoms with Gasteiger partial charge in [-0.2, -0.15) is 0 Å². The van der Waals surface area contributed by atoms with E-state index in [0.717, 1.165) is 11.7 Å². The molecule has 1 aliphatic rings. The Morgan fingerprint density at radius 2 is 1.94 bits per heavy atom. The van der Waals surface area contributed by atoms with Crippen LogP contribution in [0.1, 0.15) is 39.0 Å². The number of thiocarbonyl (C=S) groups is 1. The van der Waals surface area contributed by atoms with Gasteiger partial charge in [0.05, 0.1) is 0 Å². The van der Waals surface area contributed by atoms with E-state index in [-0.39, 0.29) is 0 Å². The molecule has 0 amide bonds. The predicted octanol–water partition coefficient (Wildman–Crippen LogP) is 1.73. The van der Waals surface area contributed by atoms with Crippen LogP contribution in [0.15, 0.2) is 0 Å². The highest BCUT2D eigenvalue weighted by Crippen LogP contribution is 2.17. The normalized spacial score (nSPS) is 19.5. The molecule has 94 valence electrons. The summed E-state index contributed by atoms with van der Waals surface area (Å²) in [6.45, 7) is 3.17. The first-order valence-corrected chi connectivity index (χ1v) is 6.70. The average Bonchev–Trinajstić information content (AvgIpc) is 2.17. The van der Waals surface area contributed by atoms with Gasteiger partial charge in [0, 0.05) is 18.6 Å². The second-order valence-electron chi connectivity index (χ2n) is 5.12. The Morgan fingerprint density at radius 3 is 2.50 bits per heavy atom. The van der Waals surface area contributed by atoms with Crippen molar-refractivity contribution < 1.29 is 0 Å². The van der Waals surface area contributed by atoms with Gasteiger partial charge in [0.25, 0.3) is 0 Å². The number of hydrogen-bond acceptors (Lipinski definition) is 2. The van der Waals surface area contributed by atoms with Crippen LogP contribution in [0, 0.1) is 0 Å². The molecule has 0 spiro atoms. The second-order valence-corrected chi connectivity index (χ2v) is 5.52. The zero-order valence-electron chi connectivity index (χ0n) is 10.8. The predicted molar refractivity (Wildman–Crippen MR) is 73.8 cm³/mol. The maximum absolute atomic E-state index is 5.32. The molecule has 0 aromatic rings. The maximum atomic E-state index is 5.32. The quantitative estimate of drug-likeness (QED) is 0.736. The Bertz CT molecular complexity index is 212. The van der Waals surface area contributed by atoms with Crippen LogP contribution in [0.4, 0.5) is 0 Å². The third-order valence-electron chi connectivity index (χ3n) is 2.96. The molecule has 1 saturated carbocycles. The van der Waals surface area contributed by atoms with E-state index in [1.54, 1.807) is 0 Å². The van der Waals surface area contributed by atoms with Gasteiger partial charge in [0.1, 0.15) is 0 Å². The summed E-state index contributed by atoms with van der Waals surface area (Å²) in [5.74, 6) is 0. The first-order valence-electron chi connectivity index (χ1n) is 6.29. The van der Waals surface area contributed by atoms with Crippen molar-refractivity contribution in [3.63, 3.8) is 0 Å². The van der Waals surface area contributed by atoms with Gasteiger partial charge >= 0.3 is 0 Å². The molecule has 0 bridgehead atoms. The summed E-state index contributed by atoms with van der Waals surface area (Å²) in [7, 11) is 4.16. The fraction of sp³-hybridized carbons (Fsp3) is 0.917. The Hall–Kier alpha value is -0.350. The Morgan fingerprint density at radius 1 is 1.31 bits per heavy atom. The first kappa shape index (κ1) is 13.7. The molecule has 1 unspecified atom stereocenters. The molecule has 0 saturated heterocycles. The highest BCUT2D eigenvalue weighted by atomic mass is 32.1. The van der Waals surface area contributed by atoms with Crippen LogP contribution in [-0.4, -0.2) is 42.7 Å². The van der Waals surface area contributed by atoms with Crippen molar-refractivity contribution in [3.8, 4) is 0 Å². The van der Waals surface area contributed by atoms with Gasteiger partial charge in [-0.3, -0.25) is 0 Å². The SMILES string of the molecule is CC(CN(C)C)NC(=S)NC1CCCCC1. The molecule has 1 aliphatic carbocycles. The van der Waals surface area contributed by atoms with Crippen LogP contribution in [0.3, 0.4) is 0 Å². The van der Waals surface area contributed by atoms with E-state index >= 15 is 0 Å². The minimum atomic E-state index is 0.401. The number of nitrogens with zero attached hydrogens (tertiary/aromatic N) is 1. The molecule has 0 radical (unpaired) electrons. The van der Waals surface area contributed by atoms with Crippen molar-refractivity contribution in [2.24, 2.45) is 0 Å². The van der Waals surface area contributed by atoms with Gasteiger partial charge in [-0.15, -0.1) is 0 Å². The fourth-order valence-corrected chi connectivity index (χ4v) is 2.66. The highest BCUT2D eigenvalue weighted by molar-refractivity contribution is 7.80. The van der Waals surface area contributed by atoms with Crippen molar-refractivity contribution in [3.05, 3.63) is 0 Å². The molecule has 4 heteroatoms. The Balaban J connectivity index is 2.18. The lowest BCUT2D eigenvalue weighted by atomic mass is 9.96. The third kappa shape index (κ3) is 5.66. The van der Waals surface area contributed by atoms with Crippen LogP contribution in [-0.2, 0) is 0 Å². The zero-order valence-corrected chi connectivity index (χ0v) is 11.6. The standard InChI is InChI=1S/C12H25N3S/c1-10(9-15(2)3)13-12(16)14-11-7-5-4-6-8-11/h10-11H,4-9H2,1-3H3,(H2,13,14,16). The van der Waals surface area contributed by atoms with Crippen molar-refractivity contribution in [1.82, 2.24) is 15.5 Å². The lowest BCUT2D eigenvalue weighted by molar-refractivity contribution is 0.365. The van der Waals surface area contributed by atoms with E-state index < -0.39 is 0 Å². The molecule has 1 rings (SSSR count). The zero-order chi connectivity index (χ0) is 12.0. The number of likely N-dealkylation sites (N-methyl/N-ethyl adjacent to an activating group) is 1. The van der Waals surface area contributed by atoms with E-state index in [1.807, 2.05) is 0 Å². The van der Waals surface area contributed by atoms with Crippen LogP contribution in [0.5, 0.6) is 0 Å². The molecule has 16 heavy (non-hydrogen) atoms. The molecule has 0 aliphatic heterocycles. The maximum Gasteiger partial charge on any atom is 0.166 e. The summed E-state index contributed by atoms with van der Waals surface area (Å²) in [6.07, 6.45) is 6.60. The Kier molecular flexibility index (Phi) is 6.06. The molecule has 1 atom stereocenters. The van der Waals surface area contributed by atoms with Crippen molar-refractivity contribution >= 4 is 17.3 Å². The lowest BCUT2D eigenvalue weighted by Gasteiger charge is -2.26. The first-order chi connectivity index (χ1) is 7.58. The summed E-state index contributed by atoms with van der Waals surface area (Å²) in [6, 6.07) is 0.999. The number of hydrogen-bond donors (Lipinski definition) is 2. The summed E-state index contributed by atoms with van der Waals surface area (Å²) >= 11 is 5.32. The molecular weight excluding hydrogens is 218 g/mol. The molecule has 1 fully saturated rings. The van der Waals surface area contributed by atoms with Crippen LogP contribution >= 0.6 is 12.2 Å². The average molecular weight is 243 g/mol. The molecule has 0 aromatic carbocycles. The van der Waals surface area contributed by atoms with E-state index in [9.17, 15) is 0 Å². The van der Waals surface area contributed by atoms with Gasteiger partial charge in [-0.25, -0.2) is 0 Å². The molecule has 0 heterocycles. The monoisotopic (exact) mass is 243 g/mol. The fourth-order valence-electron chi connectivity index (χ4n) is 2.29. The second kappa shape index (κ2) is 7.07. The minimum Gasteiger partial charge on any atom is -0.360 e. The van der Waals surface area contributed by atoms with E-state index in [1.165, 1.54) is 32.1 Å². The largest absolute Gasteiger partial charge is 0.360 e. The Labute approximate surface area is 105 Å². The van der Waals surface area contributed by atoms with Crippen LogP contribution < -0.4 is 10.6 Å². The highest BCUT2D eigenvalue weighted by Gasteiger charge is 2.14. The summed E-state index contributed by atoms with van der Waals surface area (Å²) in [5.41, 5.74) is 0. The molecule has 0 aromatic heterocycles. The molecular formula is C12H25N3S. The van der Waals surface area contributed by atoms with Gasteiger partial charge in [0.15, 0.2) is 5.11 Å². The third-order valence-corrected chi connectivity index (χ3v) is 3.19. The van der Waals surface area contributed by atoms with E-state index in [4.69, 9.17) is 12.2 Å².